The molecule has 0 unspecified atom stereocenters. The van der Waals surface area contributed by atoms with E-state index in [2.05, 4.69) is 5.32 Å². The van der Waals surface area contributed by atoms with Gasteiger partial charge in [-0.15, -0.1) is 0 Å². The Bertz CT molecular complexity index is 337. The lowest BCUT2D eigenvalue weighted by molar-refractivity contribution is -0.154. The van der Waals surface area contributed by atoms with Crippen molar-refractivity contribution in [3.05, 3.63) is 0 Å². The molecule has 0 aromatic carbocycles. The molecule has 6 heteroatoms. The monoisotopic (exact) mass is 283 g/mol. The van der Waals surface area contributed by atoms with Gasteiger partial charge in [-0.3, -0.25) is 9.59 Å². The van der Waals surface area contributed by atoms with Crippen LogP contribution in [-0.2, 0) is 9.59 Å². The summed E-state index contributed by atoms with van der Waals surface area (Å²) in [5.74, 6) is -0.761. The van der Waals surface area contributed by atoms with Gasteiger partial charge in [0.15, 0.2) is 0 Å². The summed E-state index contributed by atoms with van der Waals surface area (Å²) in [5, 5.41) is 12.2. The van der Waals surface area contributed by atoms with Crippen molar-refractivity contribution in [3.63, 3.8) is 0 Å². The Labute approximate surface area is 120 Å². The zero-order chi connectivity index (χ0) is 14.4. The van der Waals surface area contributed by atoms with Gasteiger partial charge in [-0.25, -0.2) is 0 Å². The van der Waals surface area contributed by atoms with Gasteiger partial charge in [-0.1, -0.05) is 0 Å². The van der Waals surface area contributed by atoms with E-state index in [9.17, 15) is 9.59 Å². The van der Waals surface area contributed by atoms with E-state index in [-0.39, 0.29) is 24.5 Å². The highest BCUT2D eigenvalue weighted by Crippen LogP contribution is 2.25. The van der Waals surface area contributed by atoms with E-state index >= 15 is 0 Å². The third kappa shape index (κ3) is 3.70. The fourth-order valence-electron chi connectivity index (χ4n) is 2.70. The van der Waals surface area contributed by atoms with Crippen LogP contribution < -0.4 is 5.32 Å². The summed E-state index contributed by atoms with van der Waals surface area (Å²) in [6, 6.07) is 0.197. The number of nitrogens with zero attached hydrogens (tertiary/aromatic N) is 2. The highest BCUT2D eigenvalue weighted by atomic mass is 16.3. The van der Waals surface area contributed by atoms with Crippen LogP contribution in [0.15, 0.2) is 0 Å². The maximum atomic E-state index is 12.4. The topological polar surface area (TPSA) is 72.9 Å². The van der Waals surface area contributed by atoms with Crippen LogP contribution in [0.2, 0.25) is 0 Å². The van der Waals surface area contributed by atoms with Gasteiger partial charge in [-0.2, -0.15) is 0 Å². The Balaban J connectivity index is 1.95. The summed E-state index contributed by atoms with van der Waals surface area (Å²) in [4.78, 5) is 28.1. The third-order valence-electron chi connectivity index (χ3n) is 4.14. The van der Waals surface area contributed by atoms with Crippen LogP contribution in [0.4, 0.5) is 0 Å². The molecule has 20 heavy (non-hydrogen) atoms. The smallest absolute Gasteiger partial charge is 0.312 e. The number of hydrogen-bond acceptors (Lipinski definition) is 4. The summed E-state index contributed by atoms with van der Waals surface area (Å²) in [6.07, 6.45) is 4.50. The van der Waals surface area contributed by atoms with Crippen LogP contribution in [0.3, 0.4) is 0 Å². The van der Waals surface area contributed by atoms with Crippen molar-refractivity contribution < 1.29 is 14.7 Å². The lowest BCUT2D eigenvalue weighted by Gasteiger charge is -2.38. The number of amides is 2. The molecule has 6 nitrogen and oxygen atoms in total. The molecule has 0 atom stereocenters. The average Bonchev–Trinajstić information content (AvgIpc) is 2.68. The number of hydrogen-bond donors (Lipinski definition) is 2. The molecular weight excluding hydrogens is 258 g/mol. The number of aliphatic hydroxyl groups is 1. The van der Waals surface area contributed by atoms with E-state index in [1.165, 1.54) is 0 Å². The molecule has 1 aliphatic carbocycles. The minimum Gasteiger partial charge on any atom is -0.396 e. The predicted molar refractivity (Wildman–Crippen MR) is 75.1 cm³/mol. The lowest BCUT2D eigenvalue weighted by Crippen LogP contribution is -2.52. The van der Waals surface area contributed by atoms with E-state index < -0.39 is 0 Å². The van der Waals surface area contributed by atoms with Crippen molar-refractivity contribution in [3.8, 4) is 0 Å². The Morgan fingerprint density at radius 3 is 2.65 bits per heavy atom. The largest absolute Gasteiger partial charge is 0.396 e. The van der Waals surface area contributed by atoms with Gasteiger partial charge in [-0.05, 0) is 38.6 Å². The molecule has 114 valence electrons. The zero-order valence-electron chi connectivity index (χ0n) is 12.0. The predicted octanol–water partition coefficient (Wildman–Crippen LogP) is -0.428. The second kappa shape index (κ2) is 7.59. The Morgan fingerprint density at radius 2 is 2.00 bits per heavy atom. The number of aliphatic hydroxyl groups excluding tert-OH is 1. The number of nitrogens with one attached hydrogen (secondary N) is 1. The normalized spacial score (nSPS) is 20.1. The lowest BCUT2D eigenvalue weighted by atomic mass is 9.91. The minimum absolute atomic E-state index is 0.0539. The first-order valence-electron chi connectivity index (χ1n) is 7.65. The van der Waals surface area contributed by atoms with Crippen molar-refractivity contribution in [1.82, 2.24) is 15.1 Å². The van der Waals surface area contributed by atoms with Crippen molar-refractivity contribution in [2.24, 2.45) is 0 Å². The molecule has 0 radical (unpaired) electrons. The van der Waals surface area contributed by atoms with Crippen LogP contribution in [0.1, 0.15) is 32.1 Å². The van der Waals surface area contributed by atoms with Crippen molar-refractivity contribution in [2.75, 3.05) is 39.3 Å². The second-order valence-electron chi connectivity index (χ2n) is 5.56. The SMILES string of the molecule is O=C(C(=O)N(CCCO)C1CCC1)N1CCCNCC1. The average molecular weight is 283 g/mol. The first-order valence-corrected chi connectivity index (χ1v) is 7.65. The highest BCUT2D eigenvalue weighted by Gasteiger charge is 2.34. The fraction of sp³-hybridized carbons (Fsp3) is 0.857. The molecule has 2 aliphatic rings. The van der Waals surface area contributed by atoms with Crippen LogP contribution in [0.5, 0.6) is 0 Å². The van der Waals surface area contributed by atoms with E-state index in [0.29, 0.717) is 26.1 Å². The molecule has 2 rings (SSSR count). The Kier molecular flexibility index (Phi) is 5.79. The first-order chi connectivity index (χ1) is 9.74. The quantitative estimate of drug-likeness (QED) is 0.687. The van der Waals surface area contributed by atoms with Gasteiger partial charge >= 0.3 is 11.8 Å². The maximum Gasteiger partial charge on any atom is 0.312 e. The zero-order valence-corrected chi connectivity index (χ0v) is 12.0. The molecule has 0 bridgehead atoms. The highest BCUT2D eigenvalue weighted by molar-refractivity contribution is 6.35. The number of rotatable bonds is 4. The van der Waals surface area contributed by atoms with Crippen molar-refractivity contribution in [2.45, 2.75) is 38.1 Å². The number of carbonyl (C=O) groups is 2. The van der Waals surface area contributed by atoms with Crippen LogP contribution in [0.25, 0.3) is 0 Å². The second-order valence-corrected chi connectivity index (χ2v) is 5.56. The van der Waals surface area contributed by atoms with Gasteiger partial charge in [0.1, 0.15) is 0 Å². The number of carbonyl (C=O) groups excluding carboxylic acids is 2. The van der Waals surface area contributed by atoms with Crippen molar-refractivity contribution >= 4 is 11.8 Å². The Morgan fingerprint density at radius 1 is 1.20 bits per heavy atom. The summed E-state index contributed by atoms with van der Waals surface area (Å²) in [7, 11) is 0. The van der Waals surface area contributed by atoms with E-state index in [1.807, 2.05) is 0 Å². The Hall–Kier alpha value is -1.14. The molecule has 2 N–H and O–H groups in total. The van der Waals surface area contributed by atoms with Gasteiger partial charge in [0.2, 0.25) is 0 Å². The van der Waals surface area contributed by atoms with Crippen LogP contribution in [0, 0.1) is 0 Å². The molecule has 1 saturated carbocycles. The molecule has 1 heterocycles. The maximum absolute atomic E-state index is 12.4. The van der Waals surface area contributed by atoms with E-state index in [0.717, 1.165) is 38.8 Å². The molecule has 2 amide bonds. The van der Waals surface area contributed by atoms with Crippen LogP contribution in [-0.4, -0.2) is 72.1 Å². The van der Waals surface area contributed by atoms with Gasteiger partial charge in [0, 0.05) is 38.8 Å². The first kappa shape index (κ1) is 15.3. The molecular formula is C14H25N3O3. The summed E-state index contributed by atoms with van der Waals surface area (Å²) < 4.78 is 0. The molecule has 1 saturated heterocycles. The molecule has 0 aromatic heterocycles. The van der Waals surface area contributed by atoms with Crippen molar-refractivity contribution in [1.29, 1.82) is 0 Å². The molecule has 1 aliphatic heterocycles. The van der Waals surface area contributed by atoms with Gasteiger partial charge < -0.3 is 20.2 Å². The summed E-state index contributed by atoms with van der Waals surface area (Å²) in [5.41, 5.74) is 0. The molecule has 0 spiro atoms. The van der Waals surface area contributed by atoms with Gasteiger partial charge in [0.05, 0.1) is 0 Å². The third-order valence-corrected chi connectivity index (χ3v) is 4.14. The van der Waals surface area contributed by atoms with Gasteiger partial charge in [0.25, 0.3) is 0 Å². The minimum atomic E-state index is -0.384. The van der Waals surface area contributed by atoms with E-state index in [4.69, 9.17) is 5.11 Å². The standard InChI is InChI=1S/C14H25N3O3/c18-11-3-9-17(12-4-1-5-12)14(20)13(19)16-8-2-6-15-7-10-16/h12,15,18H,1-11H2. The molecule has 2 fully saturated rings. The van der Waals surface area contributed by atoms with Crippen LogP contribution >= 0.6 is 0 Å². The van der Waals surface area contributed by atoms with E-state index in [1.54, 1.807) is 9.80 Å². The summed E-state index contributed by atoms with van der Waals surface area (Å²) in [6.45, 7) is 3.43. The fourth-order valence-corrected chi connectivity index (χ4v) is 2.70. The summed E-state index contributed by atoms with van der Waals surface area (Å²) >= 11 is 0. The molecule has 0 aromatic rings.